The highest BCUT2D eigenvalue weighted by atomic mass is 16.3. The van der Waals surface area contributed by atoms with E-state index in [4.69, 9.17) is 5.11 Å². The molecular formula is C10H16N2O. The molecule has 0 heterocycles. The number of aliphatic hydroxyl groups is 1. The molecule has 0 aliphatic rings. The lowest BCUT2D eigenvalue weighted by molar-refractivity contribution is 0.292. The maximum Gasteiger partial charge on any atom is 0.0556 e. The van der Waals surface area contributed by atoms with Gasteiger partial charge in [0.2, 0.25) is 0 Å². The van der Waals surface area contributed by atoms with Crippen molar-refractivity contribution in [2.24, 2.45) is 0 Å². The van der Waals surface area contributed by atoms with Gasteiger partial charge >= 0.3 is 0 Å². The Morgan fingerprint density at radius 2 is 2.08 bits per heavy atom. The SMILES string of the molecule is CNc1ccccc1CNCCO. The van der Waals surface area contributed by atoms with E-state index in [2.05, 4.69) is 16.7 Å². The zero-order valence-corrected chi connectivity index (χ0v) is 7.88. The van der Waals surface area contributed by atoms with Gasteiger partial charge in [-0.05, 0) is 11.6 Å². The number of nitrogens with one attached hydrogen (secondary N) is 2. The molecule has 0 saturated heterocycles. The second kappa shape index (κ2) is 5.56. The monoisotopic (exact) mass is 180 g/mol. The first kappa shape index (κ1) is 10.0. The van der Waals surface area contributed by atoms with Crippen molar-refractivity contribution in [2.45, 2.75) is 6.54 Å². The Morgan fingerprint density at radius 1 is 1.31 bits per heavy atom. The lowest BCUT2D eigenvalue weighted by Crippen LogP contribution is -2.18. The third-order valence-corrected chi connectivity index (χ3v) is 1.89. The molecule has 0 aromatic heterocycles. The Balaban J connectivity index is 2.54. The minimum absolute atomic E-state index is 0.182. The topological polar surface area (TPSA) is 44.3 Å². The molecule has 3 heteroatoms. The fraction of sp³-hybridized carbons (Fsp3) is 0.400. The standard InChI is InChI=1S/C10H16N2O/c1-11-10-5-3-2-4-9(10)8-12-6-7-13/h2-5,11-13H,6-8H2,1H3. The van der Waals surface area contributed by atoms with E-state index in [0.717, 1.165) is 12.2 Å². The zero-order valence-electron chi connectivity index (χ0n) is 7.88. The second-order valence-corrected chi connectivity index (χ2v) is 2.81. The molecule has 0 bridgehead atoms. The van der Waals surface area contributed by atoms with Crippen LogP contribution < -0.4 is 10.6 Å². The van der Waals surface area contributed by atoms with Crippen LogP contribution in [0.25, 0.3) is 0 Å². The van der Waals surface area contributed by atoms with Gasteiger partial charge in [0.1, 0.15) is 0 Å². The van der Waals surface area contributed by atoms with Crippen molar-refractivity contribution in [1.29, 1.82) is 0 Å². The van der Waals surface area contributed by atoms with E-state index in [1.54, 1.807) is 0 Å². The number of para-hydroxylation sites is 1. The number of benzene rings is 1. The van der Waals surface area contributed by atoms with Crippen LogP contribution >= 0.6 is 0 Å². The van der Waals surface area contributed by atoms with Gasteiger partial charge < -0.3 is 15.7 Å². The molecule has 1 rings (SSSR count). The predicted octanol–water partition coefficient (Wildman–Crippen LogP) is 0.810. The smallest absolute Gasteiger partial charge is 0.0556 e. The van der Waals surface area contributed by atoms with Gasteiger partial charge in [0.05, 0.1) is 6.61 Å². The summed E-state index contributed by atoms with van der Waals surface area (Å²) in [5.41, 5.74) is 2.35. The summed E-state index contributed by atoms with van der Waals surface area (Å²) in [4.78, 5) is 0. The second-order valence-electron chi connectivity index (χ2n) is 2.81. The maximum atomic E-state index is 8.59. The van der Waals surface area contributed by atoms with E-state index in [0.29, 0.717) is 6.54 Å². The Bertz CT molecular complexity index is 250. The normalized spacial score (nSPS) is 10.0. The fourth-order valence-corrected chi connectivity index (χ4v) is 1.22. The van der Waals surface area contributed by atoms with E-state index in [1.165, 1.54) is 5.56 Å². The molecule has 3 nitrogen and oxygen atoms in total. The minimum atomic E-state index is 0.182. The van der Waals surface area contributed by atoms with Crippen LogP contribution in [0.4, 0.5) is 5.69 Å². The van der Waals surface area contributed by atoms with Crippen molar-refractivity contribution in [3.63, 3.8) is 0 Å². The van der Waals surface area contributed by atoms with Crippen molar-refractivity contribution in [3.05, 3.63) is 29.8 Å². The highest BCUT2D eigenvalue weighted by Gasteiger charge is 1.97. The van der Waals surface area contributed by atoms with Crippen LogP contribution in [0.2, 0.25) is 0 Å². The fourth-order valence-electron chi connectivity index (χ4n) is 1.22. The number of rotatable bonds is 5. The van der Waals surface area contributed by atoms with Gasteiger partial charge in [-0.1, -0.05) is 18.2 Å². The molecule has 1 aromatic rings. The average Bonchev–Trinajstić information content (AvgIpc) is 2.19. The van der Waals surface area contributed by atoms with Gasteiger partial charge in [-0.2, -0.15) is 0 Å². The van der Waals surface area contributed by atoms with Gasteiger partial charge in [0.25, 0.3) is 0 Å². The molecule has 0 amide bonds. The quantitative estimate of drug-likeness (QED) is 0.587. The summed E-state index contributed by atoms with van der Waals surface area (Å²) in [5.74, 6) is 0. The number of anilines is 1. The molecule has 0 fully saturated rings. The van der Waals surface area contributed by atoms with Crippen LogP contribution in [0.15, 0.2) is 24.3 Å². The molecule has 0 atom stereocenters. The van der Waals surface area contributed by atoms with Gasteiger partial charge in [-0.15, -0.1) is 0 Å². The summed E-state index contributed by atoms with van der Waals surface area (Å²) in [6, 6.07) is 8.12. The highest BCUT2D eigenvalue weighted by molar-refractivity contribution is 5.50. The lowest BCUT2D eigenvalue weighted by atomic mass is 10.2. The number of aliphatic hydroxyl groups excluding tert-OH is 1. The molecule has 0 aliphatic heterocycles. The van der Waals surface area contributed by atoms with Crippen LogP contribution in [0.5, 0.6) is 0 Å². The Hall–Kier alpha value is -1.06. The van der Waals surface area contributed by atoms with Gasteiger partial charge in [0.15, 0.2) is 0 Å². The lowest BCUT2D eigenvalue weighted by Gasteiger charge is -2.08. The molecule has 0 spiro atoms. The van der Waals surface area contributed by atoms with Gasteiger partial charge in [-0.3, -0.25) is 0 Å². The Morgan fingerprint density at radius 3 is 2.77 bits per heavy atom. The van der Waals surface area contributed by atoms with Crippen molar-refractivity contribution < 1.29 is 5.11 Å². The summed E-state index contributed by atoms with van der Waals surface area (Å²) in [6.45, 7) is 1.61. The molecule has 13 heavy (non-hydrogen) atoms. The van der Waals surface area contributed by atoms with E-state index in [-0.39, 0.29) is 6.61 Å². The summed E-state index contributed by atoms with van der Waals surface area (Å²) in [7, 11) is 1.91. The van der Waals surface area contributed by atoms with Crippen LogP contribution in [0.3, 0.4) is 0 Å². The van der Waals surface area contributed by atoms with Crippen molar-refractivity contribution in [3.8, 4) is 0 Å². The summed E-state index contributed by atoms with van der Waals surface area (Å²) >= 11 is 0. The van der Waals surface area contributed by atoms with E-state index >= 15 is 0 Å². The molecule has 3 N–H and O–H groups in total. The van der Waals surface area contributed by atoms with Crippen molar-refractivity contribution >= 4 is 5.69 Å². The zero-order chi connectivity index (χ0) is 9.52. The first-order chi connectivity index (χ1) is 6.38. The molecule has 0 saturated carbocycles. The Kier molecular flexibility index (Phi) is 4.29. The number of hydrogen-bond donors (Lipinski definition) is 3. The predicted molar refractivity (Wildman–Crippen MR) is 54.8 cm³/mol. The third kappa shape index (κ3) is 3.05. The van der Waals surface area contributed by atoms with Crippen molar-refractivity contribution in [1.82, 2.24) is 5.32 Å². The van der Waals surface area contributed by atoms with E-state index < -0.39 is 0 Å². The van der Waals surface area contributed by atoms with Gasteiger partial charge in [0, 0.05) is 25.8 Å². The third-order valence-electron chi connectivity index (χ3n) is 1.89. The minimum Gasteiger partial charge on any atom is -0.395 e. The molecule has 72 valence electrons. The molecule has 1 aromatic carbocycles. The number of hydrogen-bond acceptors (Lipinski definition) is 3. The van der Waals surface area contributed by atoms with Crippen LogP contribution in [0.1, 0.15) is 5.56 Å². The summed E-state index contributed by atoms with van der Waals surface area (Å²) in [5, 5.41) is 14.8. The largest absolute Gasteiger partial charge is 0.395 e. The first-order valence-corrected chi connectivity index (χ1v) is 4.45. The van der Waals surface area contributed by atoms with Crippen LogP contribution in [0, 0.1) is 0 Å². The van der Waals surface area contributed by atoms with E-state index in [9.17, 15) is 0 Å². The van der Waals surface area contributed by atoms with Crippen LogP contribution in [-0.2, 0) is 6.54 Å². The maximum absolute atomic E-state index is 8.59. The average molecular weight is 180 g/mol. The molecule has 0 aliphatic carbocycles. The molecule has 0 radical (unpaired) electrons. The summed E-state index contributed by atoms with van der Waals surface area (Å²) < 4.78 is 0. The first-order valence-electron chi connectivity index (χ1n) is 4.45. The van der Waals surface area contributed by atoms with E-state index in [1.807, 2.05) is 25.2 Å². The molecule has 0 unspecified atom stereocenters. The van der Waals surface area contributed by atoms with Crippen molar-refractivity contribution in [2.75, 3.05) is 25.5 Å². The Labute approximate surface area is 78.8 Å². The molecular weight excluding hydrogens is 164 g/mol. The highest BCUT2D eigenvalue weighted by Crippen LogP contribution is 2.13. The summed E-state index contributed by atoms with van der Waals surface area (Å²) in [6.07, 6.45) is 0. The van der Waals surface area contributed by atoms with Gasteiger partial charge in [-0.25, -0.2) is 0 Å². The van der Waals surface area contributed by atoms with Crippen LogP contribution in [-0.4, -0.2) is 25.3 Å².